The van der Waals surface area contributed by atoms with Gasteiger partial charge in [0.2, 0.25) is 12.7 Å². The van der Waals surface area contributed by atoms with Crippen LogP contribution in [0.4, 0.5) is 0 Å². The molecule has 6 nitrogen and oxygen atoms in total. The minimum atomic E-state index is -0.706. The lowest BCUT2D eigenvalue weighted by Crippen LogP contribution is -2.41. The van der Waals surface area contributed by atoms with Crippen LogP contribution in [0.2, 0.25) is 0 Å². The Labute approximate surface area is 110 Å². The molecule has 1 atom stereocenters. The third kappa shape index (κ3) is 3.15. The highest BCUT2D eigenvalue weighted by molar-refractivity contribution is 5.83. The van der Waals surface area contributed by atoms with Crippen LogP contribution < -0.4 is 14.8 Å². The lowest BCUT2D eigenvalue weighted by molar-refractivity contribution is -0.144. The molecule has 2 rings (SSSR count). The van der Waals surface area contributed by atoms with Crippen molar-refractivity contribution in [1.82, 2.24) is 5.32 Å². The fourth-order valence-electron chi connectivity index (χ4n) is 1.88. The molecule has 1 unspecified atom stereocenters. The number of carbonyl (C=O) groups excluding carboxylic acids is 2. The summed E-state index contributed by atoms with van der Waals surface area (Å²) in [5, 5.41) is 2.56. The van der Waals surface area contributed by atoms with Gasteiger partial charge in [-0.15, -0.1) is 0 Å². The van der Waals surface area contributed by atoms with Crippen LogP contribution in [-0.4, -0.2) is 31.8 Å². The van der Waals surface area contributed by atoms with Gasteiger partial charge in [0.1, 0.15) is 6.04 Å². The summed E-state index contributed by atoms with van der Waals surface area (Å²) in [4.78, 5) is 22.7. The van der Waals surface area contributed by atoms with Crippen molar-refractivity contribution in [3.63, 3.8) is 0 Å². The van der Waals surface area contributed by atoms with Crippen LogP contribution in [0.25, 0.3) is 0 Å². The molecule has 0 fully saturated rings. The molecular formula is C13H15NO5. The first kappa shape index (κ1) is 13.2. The predicted octanol–water partition coefficient (Wildman–Crippen LogP) is 0.635. The number of amides is 1. The van der Waals surface area contributed by atoms with Crippen LogP contribution in [0.15, 0.2) is 18.2 Å². The summed E-state index contributed by atoms with van der Waals surface area (Å²) >= 11 is 0. The summed E-state index contributed by atoms with van der Waals surface area (Å²) < 4.78 is 15.1. The molecule has 102 valence electrons. The largest absolute Gasteiger partial charge is 0.467 e. The smallest absolute Gasteiger partial charge is 0.328 e. The van der Waals surface area contributed by atoms with Crippen LogP contribution in [0, 0.1) is 0 Å². The van der Waals surface area contributed by atoms with E-state index in [2.05, 4.69) is 10.1 Å². The molecule has 0 saturated carbocycles. The molecule has 0 aromatic heterocycles. The Morgan fingerprint density at radius 2 is 2.11 bits per heavy atom. The molecule has 19 heavy (non-hydrogen) atoms. The van der Waals surface area contributed by atoms with E-state index in [-0.39, 0.29) is 12.7 Å². The van der Waals surface area contributed by atoms with E-state index in [0.717, 1.165) is 5.56 Å². The second-order valence-electron chi connectivity index (χ2n) is 4.17. The maximum Gasteiger partial charge on any atom is 0.328 e. The van der Waals surface area contributed by atoms with Crippen molar-refractivity contribution in [2.24, 2.45) is 0 Å². The Morgan fingerprint density at radius 1 is 1.37 bits per heavy atom. The van der Waals surface area contributed by atoms with E-state index in [1.54, 1.807) is 12.1 Å². The number of rotatable bonds is 4. The van der Waals surface area contributed by atoms with E-state index in [1.807, 2.05) is 6.07 Å². The lowest BCUT2D eigenvalue weighted by Gasteiger charge is -2.15. The molecular weight excluding hydrogens is 250 g/mol. The Balaban J connectivity index is 2.12. The van der Waals surface area contributed by atoms with Crippen LogP contribution in [0.1, 0.15) is 12.5 Å². The molecule has 0 radical (unpaired) electrons. The van der Waals surface area contributed by atoms with Crippen LogP contribution in [0.3, 0.4) is 0 Å². The Bertz CT molecular complexity index is 500. The van der Waals surface area contributed by atoms with Crippen molar-refractivity contribution >= 4 is 11.9 Å². The zero-order chi connectivity index (χ0) is 13.8. The summed E-state index contributed by atoms with van der Waals surface area (Å²) in [5.41, 5.74) is 0.855. The van der Waals surface area contributed by atoms with Crippen LogP contribution in [-0.2, 0) is 20.7 Å². The van der Waals surface area contributed by atoms with Gasteiger partial charge in [0.05, 0.1) is 7.11 Å². The van der Waals surface area contributed by atoms with Gasteiger partial charge < -0.3 is 19.5 Å². The number of nitrogens with one attached hydrogen (secondary N) is 1. The third-order valence-electron chi connectivity index (χ3n) is 2.74. The van der Waals surface area contributed by atoms with Gasteiger partial charge in [-0.3, -0.25) is 4.79 Å². The molecule has 1 aromatic rings. The summed E-state index contributed by atoms with van der Waals surface area (Å²) in [6.07, 6.45) is 0.336. The summed E-state index contributed by atoms with van der Waals surface area (Å²) in [6, 6.07) is 4.69. The lowest BCUT2D eigenvalue weighted by atomic mass is 10.1. The Hall–Kier alpha value is -2.24. The molecule has 0 saturated heterocycles. The second-order valence-corrected chi connectivity index (χ2v) is 4.17. The SMILES string of the molecule is COC(=O)C(Cc1ccc2c(c1)OCO2)NC(C)=O. The number of methoxy groups -OCH3 is 1. The standard InChI is InChI=1S/C13H15NO5/c1-8(15)14-10(13(16)17-2)5-9-3-4-11-12(6-9)19-7-18-11/h3-4,6,10H,5,7H2,1-2H3,(H,14,15). The second kappa shape index (κ2) is 5.60. The fourth-order valence-corrected chi connectivity index (χ4v) is 1.88. The molecule has 6 heteroatoms. The van der Waals surface area contributed by atoms with Crippen molar-refractivity contribution < 1.29 is 23.8 Å². The van der Waals surface area contributed by atoms with E-state index in [0.29, 0.717) is 17.9 Å². The van der Waals surface area contributed by atoms with E-state index < -0.39 is 12.0 Å². The van der Waals surface area contributed by atoms with Gasteiger partial charge in [-0.2, -0.15) is 0 Å². The van der Waals surface area contributed by atoms with E-state index in [4.69, 9.17) is 9.47 Å². The highest BCUT2D eigenvalue weighted by Crippen LogP contribution is 2.32. The average Bonchev–Trinajstić information content (AvgIpc) is 2.84. The van der Waals surface area contributed by atoms with E-state index >= 15 is 0 Å². The average molecular weight is 265 g/mol. The molecule has 0 spiro atoms. The van der Waals surface area contributed by atoms with Crippen molar-refractivity contribution in [1.29, 1.82) is 0 Å². The molecule has 1 aliphatic rings. The van der Waals surface area contributed by atoms with Gasteiger partial charge in [-0.05, 0) is 17.7 Å². The number of hydrogen-bond donors (Lipinski definition) is 1. The molecule has 0 bridgehead atoms. The molecule has 1 heterocycles. The highest BCUT2D eigenvalue weighted by atomic mass is 16.7. The maximum absolute atomic E-state index is 11.6. The summed E-state index contributed by atoms with van der Waals surface area (Å²) in [5.74, 6) is 0.561. The van der Waals surface area contributed by atoms with Gasteiger partial charge in [0.15, 0.2) is 11.5 Å². The summed E-state index contributed by atoms with van der Waals surface area (Å²) in [6.45, 7) is 1.56. The number of ether oxygens (including phenoxy) is 3. The van der Waals surface area contributed by atoms with Crippen LogP contribution >= 0.6 is 0 Å². The minimum absolute atomic E-state index is 0.199. The van der Waals surface area contributed by atoms with Gasteiger partial charge in [-0.25, -0.2) is 4.79 Å². The van der Waals surface area contributed by atoms with Crippen LogP contribution in [0.5, 0.6) is 11.5 Å². The quantitative estimate of drug-likeness (QED) is 0.808. The Morgan fingerprint density at radius 3 is 2.79 bits per heavy atom. The van der Waals surface area contributed by atoms with Gasteiger partial charge >= 0.3 is 5.97 Å². The van der Waals surface area contributed by atoms with Gasteiger partial charge in [0.25, 0.3) is 0 Å². The van der Waals surface area contributed by atoms with Gasteiger partial charge in [0, 0.05) is 13.3 Å². The number of esters is 1. The van der Waals surface area contributed by atoms with E-state index in [1.165, 1.54) is 14.0 Å². The molecule has 0 aliphatic carbocycles. The van der Waals surface area contributed by atoms with Gasteiger partial charge in [-0.1, -0.05) is 6.07 Å². The first-order valence-corrected chi connectivity index (χ1v) is 5.83. The first-order chi connectivity index (χ1) is 9.10. The van der Waals surface area contributed by atoms with Crippen molar-refractivity contribution in [3.05, 3.63) is 23.8 Å². The molecule has 1 N–H and O–H groups in total. The summed E-state index contributed by atoms with van der Waals surface area (Å²) in [7, 11) is 1.29. The fraction of sp³-hybridized carbons (Fsp3) is 0.385. The van der Waals surface area contributed by atoms with Crippen molar-refractivity contribution in [3.8, 4) is 11.5 Å². The molecule has 1 aliphatic heterocycles. The topological polar surface area (TPSA) is 73.9 Å². The molecule has 1 aromatic carbocycles. The zero-order valence-electron chi connectivity index (χ0n) is 10.8. The van der Waals surface area contributed by atoms with E-state index in [9.17, 15) is 9.59 Å². The Kier molecular flexibility index (Phi) is 3.89. The third-order valence-corrected chi connectivity index (χ3v) is 2.74. The predicted molar refractivity (Wildman–Crippen MR) is 65.9 cm³/mol. The number of hydrogen-bond acceptors (Lipinski definition) is 5. The number of benzene rings is 1. The van der Waals surface area contributed by atoms with Crippen molar-refractivity contribution in [2.45, 2.75) is 19.4 Å². The molecule has 1 amide bonds. The monoisotopic (exact) mass is 265 g/mol. The number of fused-ring (bicyclic) bond motifs is 1. The maximum atomic E-state index is 11.6. The first-order valence-electron chi connectivity index (χ1n) is 5.83. The van der Waals surface area contributed by atoms with Crippen molar-refractivity contribution in [2.75, 3.05) is 13.9 Å². The highest BCUT2D eigenvalue weighted by Gasteiger charge is 2.22. The number of carbonyl (C=O) groups is 2. The minimum Gasteiger partial charge on any atom is -0.467 e. The zero-order valence-corrected chi connectivity index (χ0v) is 10.8. The normalized spacial score (nSPS) is 13.8.